The van der Waals surface area contributed by atoms with Crippen molar-refractivity contribution in [3.8, 4) is 0 Å². The summed E-state index contributed by atoms with van der Waals surface area (Å²) >= 11 is 0. The minimum Gasteiger partial charge on any atom is -0.399 e. The molecule has 2 aromatic rings. The number of likely N-dealkylation sites (tertiary alicyclic amines) is 1. The highest BCUT2D eigenvalue weighted by molar-refractivity contribution is 5.95. The predicted molar refractivity (Wildman–Crippen MR) is 80.3 cm³/mol. The summed E-state index contributed by atoms with van der Waals surface area (Å²) in [7, 11) is 0. The third-order valence-corrected chi connectivity index (χ3v) is 3.86. The van der Waals surface area contributed by atoms with E-state index >= 15 is 0 Å². The first-order chi connectivity index (χ1) is 9.75. The van der Waals surface area contributed by atoms with Gasteiger partial charge in [-0.25, -0.2) is 0 Å². The highest BCUT2D eigenvalue weighted by atomic mass is 16.2. The van der Waals surface area contributed by atoms with E-state index in [4.69, 9.17) is 5.73 Å². The average Bonchev–Trinajstić information content (AvgIpc) is 2.97. The van der Waals surface area contributed by atoms with E-state index in [2.05, 4.69) is 12.1 Å². The van der Waals surface area contributed by atoms with Crippen LogP contribution in [0.1, 0.15) is 34.8 Å². The molecule has 0 aromatic heterocycles. The first-order valence-corrected chi connectivity index (χ1v) is 6.97. The summed E-state index contributed by atoms with van der Waals surface area (Å²) in [4.78, 5) is 14.6. The van der Waals surface area contributed by atoms with Crippen molar-refractivity contribution < 1.29 is 4.79 Å². The molecule has 1 amide bonds. The highest BCUT2D eigenvalue weighted by Crippen LogP contribution is 2.32. The van der Waals surface area contributed by atoms with E-state index in [1.165, 1.54) is 5.56 Å². The molecule has 1 aliphatic rings. The van der Waals surface area contributed by atoms with Crippen LogP contribution in [-0.2, 0) is 0 Å². The van der Waals surface area contributed by atoms with E-state index in [0.717, 1.165) is 19.4 Å². The Balaban J connectivity index is 1.85. The monoisotopic (exact) mass is 266 g/mol. The van der Waals surface area contributed by atoms with Crippen molar-refractivity contribution in [3.63, 3.8) is 0 Å². The van der Waals surface area contributed by atoms with Crippen LogP contribution < -0.4 is 5.73 Å². The van der Waals surface area contributed by atoms with Crippen LogP contribution in [0.5, 0.6) is 0 Å². The molecule has 0 bridgehead atoms. The molecule has 20 heavy (non-hydrogen) atoms. The van der Waals surface area contributed by atoms with Gasteiger partial charge in [0.15, 0.2) is 0 Å². The molecule has 2 aromatic carbocycles. The second-order valence-corrected chi connectivity index (χ2v) is 5.19. The molecule has 1 fully saturated rings. The van der Waals surface area contributed by atoms with Crippen molar-refractivity contribution in [1.82, 2.24) is 4.90 Å². The van der Waals surface area contributed by atoms with Gasteiger partial charge in [0.1, 0.15) is 0 Å². The lowest BCUT2D eigenvalue weighted by molar-refractivity contribution is 0.0735. The van der Waals surface area contributed by atoms with Crippen LogP contribution in [0.3, 0.4) is 0 Å². The summed E-state index contributed by atoms with van der Waals surface area (Å²) in [6, 6.07) is 17.6. The number of rotatable bonds is 2. The quantitative estimate of drug-likeness (QED) is 0.848. The lowest BCUT2D eigenvalue weighted by Gasteiger charge is -2.25. The molecule has 3 nitrogen and oxygen atoms in total. The third kappa shape index (κ3) is 2.39. The van der Waals surface area contributed by atoms with Gasteiger partial charge >= 0.3 is 0 Å². The number of nitrogens with two attached hydrogens (primary N) is 1. The standard InChI is InChI=1S/C17H18N2O/c18-15-10-8-14(9-11-15)17(20)19-12-4-7-16(19)13-5-2-1-3-6-13/h1-3,5-6,8-11,16H,4,7,12,18H2. The molecule has 102 valence electrons. The van der Waals surface area contributed by atoms with Gasteiger partial charge in [-0.15, -0.1) is 0 Å². The van der Waals surface area contributed by atoms with Crippen molar-refractivity contribution in [2.24, 2.45) is 0 Å². The summed E-state index contributed by atoms with van der Waals surface area (Å²) in [5, 5.41) is 0. The zero-order valence-electron chi connectivity index (χ0n) is 11.3. The van der Waals surface area contributed by atoms with Gasteiger partial charge in [-0.3, -0.25) is 4.79 Å². The maximum absolute atomic E-state index is 12.6. The topological polar surface area (TPSA) is 46.3 Å². The van der Waals surface area contributed by atoms with Crippen LogP contribution in [0, 0.1) is 0 Å². The van der Waals surface area contributed by atoms with Gasteiger partial charge < -0.3 is 10.6 Å². The van der Waals surface area contributed by atoms with E-state index in [1.54, 1.807) is 24.3 Å². The summed E-state index contributed by atoms with van der Waals surface area (Å²) in [6.07, 6.45) is 2.09. The van der Waals surface area contributed by atoms with Crippen molar-refractivity contribution in [2.75, 3.05) is 12.3 Å². The number of amides is 1. The van der Waals surface area contributed by atoms with Crippen LogP contribution >= 0.6 is 0 Å². The molecule has 0 radical (unpaired) electrons. The normalized spacial score (nSPS) is 18.2. The summed E-state index contributed by atoms with van der Waals surface area (Å²) in [5.74, 6) is 0.0938. The number of hydrogen-bond donors (Lipinski definition) is 1. The lowest BCUT2D eigenvalue weighted by Crippen LogP contribution is -2.30. The van der Waals surface area contributed by atoms with Crippen LogP contribution in [0.4, 0.5) is 5.69 Å². The molecule has 2 N–H and O–H groups in total. The smallest absolute Gasteiger partial charge is 0.254 e. The molecular weight excluding hydrogens is 248 g/mol. The zero-order chi connectivity index (χ0) is 13.9. The van der Waals surface area contributed by atoms with Crippen LogP contribution in [-0.4, -0.2) is 17.4 Å². The van der Waals surface area contributed by atoms with Gasteiger partial charge in [-0.2, -0.15) is 0 Å². The van der Waals surface area contributed by atoms with Gasteiger partial charge in [0.25, 0.3) is 5.91 Å². The maximum Gasteiger partial charge on any atom is 0.254 e. The van der Waals surface area contributed by atoms with Gasteiger partial charge in [-0.05, 0) is 42.7 Å². The number of carbonyl (C=O) groups excluding carboxylic acids is 1. The molecule has 0 aliphatic carbocycles. The Morgan fingerprint density at radius 3 is 2.45 bits per heavy atom. The van der Waals surface area contributed by atoms with Crippen LogP contribution in [0.25, 0.3) is 0 Å². The zero-order valence-corrected chi connectivity index (χ0v) is 11.3. The molecule has 3 rings (SSSR count). The molecule has 1 atom stereocenters. The van der Waals surface area contributed by atoms with Crippen LogP contribution in [0.2, 0.25) is 0 Å². The first kappa shape index (κ1) is 12.7. The number of carbonyl (C=O) groups is 1. The SMILES string of the molecule is Nc1ccc(C(=O)N2CCCC2c2ccccc2)cc1. The van der Waals surface area contributed by atoms with Gasteiger partial charge in [0.05, 0.1) is 6.04 Å². The minimum atomic E-state index is 0.0938. The third-order valence-electron chi connectivity index (χ3n) is 3.86. The minimum absolute atomic E-state index is 0.0938. The predicted octanol–water partition coefficient (Wildman–Crippen LogP) is 3.25. The van der Waals surface area contributed by atoms with E-state index in [-0.39, 0.29) is 11.9 Å². The lowest BCUT2D eigenvalue weighted by atomic mass is 10.0. The largest absolute Gasteiger partial charge is 0.399 e. The molecule has 1 saturated heterocycles. The van der Waals surface area contributed by atoms with Crippen molar-refractivity contribution >= 4 is 11.6 Å². The second kappa shape index (κ2) is 5.37. The summed E-state index contributed by atoms with van der Waals surface area (Å²) < 4.78 is 0. The molecule has 3 heteroatoms. The fourth-order valence-electron chi connectivity index (χ4n) is 2.82. The number of benzene rings is 2. The Kier molecular flexibility index (Phi) is 3.42. The van der Waals surface area contributed by atoms with Gasteiger partial charge in [0.2, 0.25) is 0 Å². The number of nitrogen functional groups attached to an aromatic ring is 1. The Morgan fingerprint density at radius 1 is 1.05 bits per heavy atom. The number of nitrogens with zero attached hydrogens (tertiary/aromatic N) is 1. The molecule has 0 spiro atoms. The highest BCUT2D eigenvalue weighted by Gasteiger charge is 2.30. The Labute approximate surface area is 119 Å². The van der Waals surface area contributed by atoms with E-state index < -0.39 is 0 Å². The van der Waals surface area contributed by atoms with E-state index in [9.17, 15) is 4.79 Å². The maximum atomic E-state index is 12.6. The molecular formula is C17H18N2O. The number of anilines is 1. The summed E-state index contributed by atoms with van der Waals surface area (Å²) in [6.45, 7) is 0.822. The molecule has 1 heterocycles. The van der Waals surface area contributed by atoms with Crippen molar-refractivity contribution in [1.29, 1.82) is 0 Å². The van der Waals surface area contributed by atoms with Crippen molar-refractivity contribution in [2.45, 2.75) is 18.9 Å². The Morgan fingerprint density at radius 2 is 1.75 bits per heavy atom. The summed E-state index contributed by atoms with van der Waals surface area (Å²) in [5.41, 5.74) is 8.28. The first-order valence-electron chi connectivity index (χ1n) is 6.97. The fraction of sp³-hybridized carbons (Fsp3) is 0.235. The molecule has 1 unspecified atom stereocenters. The fourth-order valence-corrected chi connectivity index (χ4v) is 2.82. The second-order valence-electron chi connectivity index (χ2n) is 5.19. The van der Waals surface area contributed by atoms with Gasteiger partial charge in [-0.1, -0.05) is 30.3 Å². The molecule has 0 saturated carbocycles. The van der Waals surface area contributed by atoms with E-state index in [1.807, 2.05) is 23.1 Å². The van der Waals surface area contributed by atoms with E-state index in [0.29, 0.717) is 11.3 Å². The average molecular weight is 266 g/mol. The number of hydrogen-bond acceptors (Lipinski definition) is 2. The Hall–Kier alpha value is -2.29. The van der Waals surface area contributed by atoms with Gasteiger partial charge in [0, 0.05) is 17.8 Å². The van der Waals surface area contributed by atoms with Crippen molar-refractivity contribution in [3.05, 3.63) is 65.7 Å². The molecule has 1 aliphatic heterocycles. The van der Waals surface area contributed by atoms with Crippen LogP contribution in [0.15, 0.2) is 54.6 Å². The Bertz CT molecular complexity index is 592.